The number of benzene rings is 2. The normalized spacial score (nSPS) is 20.0. The summed E-state index contributed by atoms with van der Waals surface area (Å²) in [6.07, 6.45) is 2.07. The van der Waals surface area contributed by atoms with Crippen molar-refractivity contribution in [1.82, 2.24) is 4.90 Å². The predicted molar refractivity (Wildman–Crippen MR) is 171 cm³/mol. The topological polar surface area (TPSA) is 99.2 Å². The minimum absolute atomic E-state index is 0.00703. The highest BCUT2D eigenvalue weighted by Crippen LogP contribution is 2.55. The van der Waals surface area contributed by atoms with Crippen LogP contribution in [0.3, 0.4) is 0 Å². The number of carbonyl (C=O) groups excluding carboxylic acids is 2. The smallest absolute Gasteiger partial charge is 0.339 e. The third-order valence-electron chi connectivity index (χ3n) is 8.43. The maximum Gasteiger partial charge on any atom is 0.339 e. The van der Waals surface area contributed by atoms with Crippen molar-refractivity contribution in [2.24, 2.45) is 10.8 Å². The van der Waals surface area contributed by atoms with Gasteiger partial charge in [0.1, 0.15) is 4.90 Å². The average molecular weight is 687 g/mol. The lowest BCUT2D eigenvalue weighted by Crippen LogP contribution is -2.45. The molecule has 0 aromatic heterocycles. The van der Waals surface area contributed by atoms with E-state index in [-0.39, 0.29) is 45.4 Å². The Morgan fingerprint density at radius 3 is 2.00 bits per heavy atom. The van der Waals surface area contributed by atoms with E-state index in [0.717, 1.165) is 11.4 Å². The Bertz CT molecular complexity index is 1600. The Morgan fingerprint density at radius 1 is 0.909 bits per heavy atom. The molecule has 0 saturated heterocycles. The number of hydrogen-bond acceptors (Lipinski definition) is 8. The summed E-state index contributed by atoms with van der Waals surface area (Å²) in [5.41, 5.74) is 3.26. The molecule has 2 aromatic carbocycles. The highest BCUT2D eigenvalue weighted by molar-refractivity contribution is 9.10. The number of rotatable bonds is 9. The van der Waals surface area contributed by atoms with Crippen molar-refractivity contribution in [3.8, 4) is 11.5 Å². The number of Topliss-reactive ketones (excluding diaryl/α,β-unsaturated/α-hetero) is 2. The van der Waals surface area contributed by atoms with Gasteiger partial charge in [-0.05, 0) is 76.4 Å². The molecular weight excluding hydrogens is 646 g/mol. The van der Waals surface area contributed by atoms with Crippen LogP contribution in [0.25, 0.3) is 0 Å². The largest absolute Gasteiger partial charge is 0.490 e. The highest BCUT2D eigenvalue weighted by atomic mass is 79.9. The molecule has 0 bridgehead atoms. The van der Waals surface area contributed by atoms with E-state index in [1.807, 2.05) is 0 Å². The first-order valence-electron chi connectivity index (χ1n) is 14.9. The quantitative estimate of drug-likeness (QED) is 0.262. The first-order valence-corrected chi connectivity index (χ1v) is 17.1. The maximum atomic E-state index is 14.1. The molecule has 236 valence electrons. The number of ketones is 2. The summed E-state index contributed by atoms with van der Waals surface area (Å²) in [6.45, 7) is 11.4. The van der Waals surface area contributed by atoms with Gasteiger partial charge < -0.3 is 18.6 Å². The Labute approximate surface area is 268 Å². The summed E-state index contributed by atoms with van der Waals surface area (Å²) >= 11 is 3.55. The number of nitrogens with zero attached hydrogens (tertiary/aromatic N) is 1. The SMILES string of the molecule is CCOc1cc(C2C3=C(CC(C)(C)CC3=O)N(CCOC)C3=C2C(=O)CC(C)(C)C3)cc(Br)c1OS(=O)(=O)c1ccccc1. The van der Waals surface area contributed by atoms with E-state index in [4.69, 9.17) is 13.7 Å². The average Bonchev–Trinajstić information content (AvgIpc) is 2.92. The van der Waals surface area contributed by atoms with E-state index < -0.39 is 16.0 Å². The monoisotopic (exact) mass is 685 g/mol. The standard InChI is InChI=1S/C34H40BrNO7S/c1-7-42-28-16-21(15-23(35)32(28)43-44(39,40)22-11-9-8-10-12-22)29-30-24(17-33(2,3)19-26(30)37)36(13-14-41-6)25-18-34(4,5)20-27(38)31(25)29/h8-12,15-16,29H,7,13-14,17-20H2,1-6H3. The molecule has 0 fully saturated rings. The first kappa shape index (κ1) is 32.4. The molecule has 44 heavy (non-hydrogen) atoms. The van der Waals surface area contributed by atoms with E-state index >= 15 is 0 Å². The molecule has 2 aliphatic carbocycles. The predicted octanol–water partition coefficient (Wildman–Crippen LogP) is 6.95. The van der Waals surface area contributed by atoms with Gasteiger partial charge in [-0.25, -0.2) is 0 Å². The molecule has 10 heteroatoms. The van der Waals surface area contributed by atoms with Crippen molar-refractivity contribution in [2.45, 2.75) is 71.1 Å². The van der Waals surface area contributed by atoms with Gasteiger partial charge in [-0.3, -0.25) is 9.59 Å². The van der Waals surface area contributed by atoms with Crippen LogP contribution in [-0.4, -0.2) is 51.8 Å². The third-order valence-corrected chi connectivity index (χ3v) is 10.3. The molecule has 0 saturated carbocycles. The van der Waals surface area contributed by atoms with Crippen LogP contribution in [0, 0.1) is 10.8 Å². The zero-order valence-corrected chi connectivity index (χ0v) is 28.6. The van der Waals surface area contributed by atoms with Crippen LogP contribution in [0.2, 0.25) is 0 Å². The van der Waals surface area contributed by atoms with Crippen LogP contribution < -0.4 is 8.92 Å². The van der Waals surface area contributed by atoms with Crippen LogP contribution in [-0.2, 0) is 24.4 Å². The second kappa shape index (κ2) is 12.1. The molecule has 5 rings (SSSR count). The Kier molecular flexibility index (Phi) is 8.92. The number of allylic oxidation sites excluding steroid dienone is 4. The fourth-order valence-electron chi connectivity index (χ4n) is 6.68. The summed E-state index contributed by atoms with van der Waals surface area (Å²) in [5.74, 6) is -0.397. The molecule has 0 amide bonds. The van der Waals surface area contributed by atoms with Crippen molar-refractivity contribution >= 4 is 37.6 Å². The van der Waals surface area contributed by atoms with Gasteiger partial charge >= 0.3 is 10.1 Å². The van der Waals surface area contributed by atoms with Crippen LogP contribution in [0.5, 0.6) is 11.5 Å². The molecule has 0 radical (unpaired) electrons. The Balaban J connectivity index is 1.72. The van der Waals surface area contributed by atoms with Crippen molar-refractivity contribution in [3.63, 3.8) is 0 Å². The summed E-state index contributed by atoms with van der Waals surface area (Å²) in [4.78, 5) is 30.3. The summed E-state index contributed by atoms with van der Waals surface area (Å²) in [5, 5.41) is 0. The zero-order chi connectivity index (χ0) is 32.0. The second-order valence-electron chi connectivity index (χ2n) is 13.3. The molecule has 2 aromatic rings. The molecule has 3 aliphatic rings. The van der Waals surface area contributed by atoms with E-state index in [9.17, 15) is 18.0 Å². The molecule has 0 unspecified atom stereocenters. The van der Waals surface area contributed by atoms with Crippen molar-refractivity contribution in [3.05, 3.63) is 75.0 Å². The lowest BCUT2D eigenvalue weighted by molar-refractivity contribution is -0.119. The first-order chi connectivity index (χ1) is 20.7. The Hall–Kier alpha value is -2.95. The molecule has 8 nitrogen and oxygen atoms in total. The lowest BCUT2D eigenvalue weighted by atomic mass is 9.63. The van der Waals surface area contributed by atoms with Crippen LogP contribution >= 0.6 is 15.9 Å². The molecule has 1 heterocycles. The third kappa shape index (κ3) is 6.26. The van der Waals surface area contributed by atoms with Crippen molar-refractivity contribution in [1.29, 1.82) is 0 Å². The van der Waals surface area contributed by atoms with E-state index in [0.29, 0.717) is 60.0 Å². The van der Waals surface area contributed by atoms with Gasteiger partial charge in [0.25, 0.3) is 0 Å². The summed E-state index contributed by atoms with van der Waals surface area (Å²) in [7, 11) is -2.52. The number of hydrogen-bond donors (Lipinski definition) is 0. The molecule has 0 spiro atoms. The van der Waals surface area contributed by atoms with Gasteiger partial charge in [-0.15, -0.1) is 0 Å². The van der Waals surface area contributed by atoms with E-state index in [1.165, 1.54) is 12.1 Å². The van der Waals surface area contributed by atoms with Crippen molar-refractivity contribution in [2.75, 3.05) is 26.9 Å². The minimum atomic E-state index is -4.17. The van der Waals surface area contributed by atoms with Crippen molar-refractivity contribution < 1.29 is 31.7 Å². The fourth-order valence-corrected chi connectivity index (χ4v) is 8.30. The summed E-state index contributed by atoms with van der Waals surface area (Å²) < 4.78 is 43.8. The van der Waals surface area contributed by atoms with Crippen LogP contribution in [0.4, 0.5) is 0 Å². The fraction of sp³-hybridized carbons (Fsp3) is 0.471. The van der Waals surface area contributed by atoms with E-state index in [2.05, 4.69) is 48.5 Å². The maximum absolute atomic E-state index is 14.1. The molecular formula is C34H40BrNO7S. The highest BCUT2D eigenvalue weighted by Gasteiger charge is 2.49. The van der Waals surface area contributed by atoms with Gasteiger partial charge in [0, 0.05) is 55.0 Å². The summed E-state index contributed by atoms with van der Waals surface area (Å²) in [6, 6.07) is 11.4. The zero-order valence-electron chi connectivity index (χ0n) is 26.2. The van der Waals surface area contributed by atoms with E-state index in [1.54, 1.807) is 44.4 Å². The molecule has 1 aliphatic heterocycles. The van der Waals surface area contributed by atoms with Gasteiger partial charge in [0.05, 0.1) is 17.7 Å². The van der Waals surface area contributed by atoms with Crippen LogP contribution in [0.1, 0.15) is 71.8 Å². The lowest BCUT2D eigenvalue weighted by Gasteiger charge is -2.49. The van der Waals surface area contributed by atoms with Gasteiger partial charge in [0.15, 0.2) is 23.1 Å². The number of halogens is 1. The minimum Gasteiger partial charge on any atom is -0.490 e. The van der Waals surface area contributed by atoms with Gasteiger partial charge in [0.2, 0.25) is 0 Å². The van der Waals surface area contributed by atoms with Gasteiger partial charge in [-0.2, -0.15) is 8.42 Å². The van der Waals surface area contributed by atoms with Crippen LogP contribution in [0.15, 0.2) is 74.4 Å². The Morgan fingerprint density at radius 2 is 1.48 bits per heavy atom. The molecule has 0 N–H and O–H groups in total. The number of methoxy groups -OCH3 is 1. The second-order valence-corrected chi connectivity index (χ2v) is 15.7. The van der Waals surface area contributed by atoms with Gasteiger partial charge in [-0.1, -0.05) is 45.9 Å². The number of ether oxygens (including phenoxy) is 2. The number of carbonyl (C=O) groups is 2. The molecule has 0 atom stereocenters.